The first-order valence-corrected chi connectivity index (χ1v) is 5.41. The van der Waals surface area contributed by atoms with Gasteiger partial charge in [-0.1, -0.05) is 0 Å². The number of Topliss-reactive ketones (excluding diaryl/α,β-unsaturated/α-hetero) is 1. The first kappa shape index (κ1) is 13.3. The van der Waals surface area contributed by atoms with E-state index >= 15 is 0 Å². The van der Waals surface area contributed by atoms with Crippen molar-refractivity contribution >= 4 is 21.7 Å². The summed E-state index contributed by atoms with van der Waals surface area (Å²) in [6, 6.07) is 4.12. The summed E-state index contributed by atoms with van der Waals surface area (Å²) < 4.78 is 23.1. The molecule has 0 bridgehead atoms. The van der Waals surface area contributed by atoms with Crippen LogP contribution in [0, 0.1) is 5.82 Å². The number of benzene rings is 1. The van der Waals surface area contributed by atoms with Crippen molar-refractivity contribution in [3.05, 3.63) is 34.1 Å². The highest BCUT2D eigenvalue weighted by Gasteiger charge is 2.14. The van der Waals surface area contributed by atoms with Crippen molar-refractivity contribution in [1.29, 1.82) is 0 Å². The molecule has 0 heterocycles. The Balaban J connectivity index is 2.76. The van der Waals surface area contributed by atoms with E-state index < -0.39 is 12.1 Å². The highest BCUT2D eigenvalue weighted by Crippen LogP contribution is 2.18. The molecule has 1 aromatic rings. The smallest absolute Gasteiger partial charge is 0.167 e. The van der Waals surface area contributed by atoms with E-state index in [-0.39, 0.29) is 16.7 Å². The maximum absolute atomic E-state index is 12.9. The highest BCUT2D eigenvalue weighted by molar-refractivity contribution is 9.10. The molecule has 0 fully saturated rings. The topological polar surface area (TPSA) is 35.5 Å². The minimum absolute atomic E-state index is 0.102. The zero-order valence-corrected chi connectivity index (χ0v) is 10.6. The van der Waals surface area contributed by atoms with Crippen molar-refractivity contribution in [1.82, 2.24) is 0 Å². The molecule has 0 atom stereocenters. The van der Waals surface area contributed by atoms with Gasteiger partial charge < -0.3 is 9.47 Å². The molecule has 1 rings (SSSR count). The van der Waals surface area contributed by atoms with Gasteiger partial charge in [0.1, 0.15) is 5.82 Å². The molecule has 0 amide bonds. The molecular formula is C11H12BrFO3. The molecule has 3 nitrogen and oxygen atoms in total. The van der Waals surface area contributed by atoms with Gasteiger partial charge in [0, 0.05) is 19.8 Å². The molecule has 1 aromatic carbocycles. The Bertz CT molecular complexity index is 377. The normalized spacial score (nSPS) is 10.8. The van der Waals surface area contributed by atoms with Crippen molar-refractivity contribution in [3.63, 3.8) is 0 Å². The van der Waals surface area contributed by atoms with Crippen LogP contribution < -0.4 is 0 Å². The second kappa shape index (κ2) is 6.08. The van der Waals surface area contributed by atoms with Crippen LogP contribution in [-0.4, -0.2) is 26.3 Å². The molecule has 0 N–H and O–H groups in total. The number of hydrogen-bond acceptors (Lipinski definition) is 3. The largest absolute Gasteiger partial charge is 0.355 e. The molecule has 16 heavy (non-hydrogen) atoms. The van der Waals surface area contributed by atoms with Gasteiger partial charge in [0.2, 0.25) is 0 Å². The van der Waals surface area contributed by atoms with E-state index in [9.17, 15) is 9.18 Å². The van der Waals surface area contributed by atoms with Crippen LogP contribution in [0.15, 0.2) is 22.7 Å². The summed E-state index contributed by atoms with van der Waals surface area (Å²) >= 11 is 3.02. The van der Waals surface area contributed by atoms with Crippen LogP contribution in [0.4, 0.5) is 4.39 Å². The van der Waals surface area contributed by atoms with Crippen molar-refractivity contribution < 1.29 is 18.7 Å². The van der Waals surface area contributed by atoms with Gasteiger partial charge >= 0.3 is 0 Å². The van der Waals surface area contributed by atoms with E-state index in [0.717, 1.165) is 0 Å². The monoisotopic (exact) mass is 290 g/mol. The fraction of sp³-hybridized carbons (Fsp3) is 0.364. The van der Waals surface area contributed by atoms with Gasteiger partial charge in [0.05, 0.1) is 10.9 Å². The van der Waals surface area contributed by atoms with Gasteiger partial charge in [-0.05, 0) is 34.1 Å². The summed E-state index contributed by atoms with van der Waals surface area (Å²) in [4.78, 5) is 11.7. The van der Waals surface area contributed by atoms with Crippen LogP contribution >= 0.6 is 15.9 Å². The number of ether oxygens (including phenoxy) is 2. The first-order chi connectivity index (χ1) is 7.58. The SMILES string of the molecule is COC(CC(=O)c1ccc(F)c(Br)c1)OC. The van der Waals surface area contributed by atoms with Crippen molar-refractivity contribution in [2.45, 2.75) is 12.7 Å². The van der Waals surface area contributed by atoms with Gasteiger partial charge in [-0.3, -0.25) is 4.79 Å². The molecule has 0 saturated heterocycles. The molecule has 0 spiro atoms. The minimum atomic E-state index is -0.573. The van der Waals surface area contributed by atoms with Gasteiger partial charge in [0.25, 0.3) is 0 Å². The number of rotatable bonds is 5. The predicted octanol–water partition coefficient (Wildman–Crippen LogP) is 2.78. The van der Waals surface area contributed by atoms with Gasteiger partial charge in [0.15, 0.2) is 12.1 Å². The number of carbonyl (C=O) groups excluding carboxylic acids is 1. The molecule has 0 radical (unpaired) electrons. The zero-order chi connectivity index (χ0) is 12.1. The highest BCUT2D eigenvalue weighted by atomic mass is 79.9. The van der Waals surface area contributed by atoms with E-state index in [1.807, 2.05) is 0 Å². The number of halogens is 2. The molecule has 0 aliphatic heterocycles. The predicted molar refractivity (Wildman–Crippen MR) is 60.9 cm³/mol. The van der Waals surface area contributed by atoms with Gasteiger partial charge in [-0.15, -0.1) is 0 Å². The van der Waals surface area contributed by atoms with Crippen LogP contribution in [0.2, 0.25) is 0 Å². The molecule has 0 aliphatic carbocycles. The zero-order valence-electron chi connectivity index (χ0n) is 9.00. The lowest BCUT2D eigenvalue weighted by Gasteiger charge is -2.12. The fourth-order valence-corrected chi connectivity index (χ4v) is 1.58. The van der Waals surface area contributed by atoms with Crippen molar-refractivity contribution in [3.8, 4) is 0 Å². The Morgan fingerprint density at radius 1 is 1.44 bits per heavy atom. The molecule has 0 aliphatic rings. The molecular weight excluding hydrogens is 279 g/mol. The quantitative estimate of drug-likeness (QED) is 0.618. The Hall–Kier alpha value is -0.780. The number of methoxy groups -OCH3 is 2. The first-order valence-electron chi connectivity index (χ1n) is 4.62. The second-order valence-corrected chi connectivity index (χ2v) is 4.01. The average molecular weight is 291 g/mol. The third-order valence-corrected chi connectivity index (χ3v) is 2.73. The Morgan fingerprint density at radius 2 is 2.06 bits per heavy atom. The second-order valence-electron chi connectivity index (χ2n) is 3.16. The summed E-state index contributed by atoms with van der Waals surface area (Å²) in [6.07, 6.45) is -0.471. The summed E-state index contributed by atoms with van der Waals surface area (Å²) in [6.45, 7) is 0. The van der Waals surface area contributed by atoms with Gasteiger partial charge in [-0.25, -0.2) is 4.39 Å². The lowest BCUT2D eigenvalue weighted by Crippen LogP contribution is -2.18. The van der Waals surface area contributed by atoms with Crippen LogP contribution in [0.3, 0.4) is 0 Å². The Morgan fingerprint density at radius 3 is 2.56 bits per heavy atom. The number of ketones is 1. The third kappa shape index (κ3) is 3.37. The molecule has 0 unspecified atom stereocenters. The van der Waals surface area contributed by atoms with E-state index in [2.05, 4.69) is 15.9 Å². The third-order valence-electron chi connectivity index (χ3n) is 2.12. The Labute approximate surface area is 102 Å². The summed E-state index contributed by atoms with van der Waals surface area (Å²) in [5.74, 6) is -0.555. The van der Waals surface area contributed by atoms with E-state index in [0.29, 0.717) is 5.56 Å². The van der Waals surface area contributed by atoms with E-state index in [1.165, 1.54) is 32.4 Å². The summed E-state index contributed by atoms with van der Waals surface area (Å²) in [5, 5.41) is 0. The molecule has 0 aromatic heterocycles. The van der Waals surface area contributed by atoms with E-state index in [1.54, 1.807) is 0 Å². The molecule has 5 heteroatoms. The minimum Gasteiger partial charge on any atom is -0.355 e. The maximum Gasteiger partial charge on any atom is 0.167 e. The molecule has 0 saturated carbocycles. The van der Waals surface area contributed by atoms with Crippen LogP contribution in [0.5, 0.6) is 0 Å². The lowest BCUT2D eigenvalue weighted by atomic mass is 10.1. The Kier molecular flexibility index (Phi) is 5.05. The average Bonchev–Trinajstić information content (AvgIpc) is 2.29. The lowest BCUT2D eigenvalue weighted by molar-refractivity contribution is -0.0993. The van der Waals surface area contributed by atoms with Crippen molar-refractivity contribution in [2.24, 2.45) is 0 Å². The number of carbonyl (C=O) groups is 1. The van der Waals surface area contributed by atoms with Crippen LogP contribution in [-0.2, 0) is 9.47 Å². The van der Waals surface area contributed by atoms with E-state index in [4.69, 9.17) is 9.47 Å². The van der Waals surface area contributed by atoms with Crippen LogP contribution in [0.1, 0.15) is 16.8 Å². The summed E-state index contributed by atoms with van der Waals surface area (Å²) in [5.41, 5.74) is 0.423. The summed E-state index contributed by atoms with van der Waals surface area (Å²) in [7, 11) is 2.92. The maximum atomic E-state index is 12.9. The van der Waals surface area contributed by atoms with Crippen LogP contribution in [0.25, 0.3) is 0 Å². The molecule has 88 valence electrons. The standard InChI is InChI=1S/C11H12BrFO3/c1-15-11(16-2)6-10(14)7-3-4-9(13)8(12)5-7/h3-5,11H,6H2,1-2H3. The van der Waals surface area contributed by atoms with Gasteiger partial charge in [-0.2, -0.15) is 0 Å². The number of hydrogen-bond donors (Lipinski definition) is 0. The van der Waals surface area contributed by atoms with Crippen molar-refractivity contribution in [2.75, 3.05) is 14.2 Å². The fourth-order valence-electron chi connectivity index (χ4n) is 1.20.